The van der Waals surface area contributed by atoms with E-state index in [2.05, 4.69) is 5.32 Å². The summed E-state index contributed by atoms with van der Waals surface area (Å²) in [6.45, 7) is 5.84. The molecule has 2 N–H and O–H groups in total. The number of hydrogen-bond acceptors (Lipinski definition) is 5. The minimum atomic E-state index is -1.04. The average Bonchev–Trinajstić information content (AvgIpc) is 3.01. The van der Waals surface area contributed by atoms with E-state index in [1.54, 1.807) is 45.0 Å². The zero-order chi connectivity index (χ0) is 17.5. The highest BCUT2D eigenvalue weighted by molar-refractivity contribution is 5.99. The van der Waals surface area contributed by atoms with Crippen molar-refractivity contribution >= 4 is 12.0 Å². The molecule has 1 aromatic carbocycles. The molecular weight excluding hydrogens is 312 g/mol. The molecule has 2 heterocycles. The summed E-state index contributed by atoms with van der Waals surface area (Å²) >= 11 is 0. The average molecular weight is 334 g/mol. The molecule has 1 unspecified atom stereocenters. The number of amides is 2. The Hall–Kier alpha value is -2.12. The number of carbonyl (C=O) groups excluding carboxylic acids is 2. The molecule has 3 atom stereocenters. The van der Waals surface area contributed by atoms with Gasteiger partial charge in [0.25, 0.3) is 5.91 Å². The van der Waals surface area contributed by atoms with Gasteiger partial charge in [0.2, 0.25) is 0 Å². The second-order valence-corrected chi connectivity index (χ2v) is 7.03. The lowest BCUT2D eigenvalue weighted by Crippen LogP contribution is -2.53. The Bertz CT molecular complexity index is 655. The molecule has 0 aliphatic carbocycles. The summed E-state index contributed by atoms with van der Waals surface area (Å²) in [6, 6.07) is 6.06. The molecule has 2 amide bonds. The van der Waals surface area contributed by atoms with Crippen LogP contribution >= 0.6 is 0 Å². The quantitative estimate of drug-likeness (QED) is 0.854. The second-order valence-electron chi connectivity index (χ2n) is 7.03. The third kappa shape index (κ3) is 3.09. The minimum absolute atomic E-state index is 0.247. The zero-order valence-electron chi connectivity index (χ0n) is 14.0. The molecule has 1 saturated heterocycles. The molecule has 24 heavy (non-hydrogen) atoms. The molecule has 7 nitrogen and oxygen atoms in total. The van der Waals surface area contributed by atoms with Crippen LogP contribution in [-0.2, 0) is 9.47 Å². The van der Waals surface area contributed by atoms with Crippen LogP contribution in [0.1, 0.15) is 42.9 Å². The number of fused-ring (bicyclic) bond motifs is 1. The van der Waals surface area contributed by atoms with Crippen molar-refractivity contribution in [2.75, 3.05) is 13.2 Å². The normalized spacial score (nSPS) is 26.4. The number of rotatable bonds is 2. The van der Waals surface area contributed by atoms with Crippen molar-refractivity contribution in [3.8, 4) is 0 Å². The standard InChI is InChI=1S/C17H22N2O5/c1-17(2,3)24-16(22)18-12-8-23-9-13(12)19-14(20)10-6-4-5-7-11(10)15(19)21/h4-7,12-14,20H,8-9H2,1-3H3,(H,18,22)/t12-,13+,14?/m0/s1. The second kappa shape index (κ2) is 6.07. The fourth-order valence-electron chi connectivity index (χ4n) is 3.06. The highest BCUT2D eigenvalue weighted by atomic mass is 16.6. The van der Waals surface area contributed by atoms with E-state index in [0.717, 1.165) is 0 Å². The van der Waals surface area contributed by atoms with Gasteiger partial charge < -0.3 is 24.8 Å². The largest absolute Gasteiger partial charge is 0.444 e. The van der Waals surface area contributed by atoms with Crippen LogP contribution in [0.25, 0.3) is 0 Å². The van der Waals surface area contributed by atoms with Gasteiger partial charge >= 0.3 is 6.09 Å². The molecule has 1 fully saturated rings. The van der Waals surface area contributed by atoms with Crippen LogP contribution in [0.5, 0.6) is 0 Å². The molecular formula is C17H22N2O5. The van der Waals surface area contributed by atoms with Gasteiger partial charge in [0.05, 0.1) is 25.3 Å². The highest BCUT2D eigenvalue weighted by Crippen LogP contribution is 2.35. The molecule has 0 saturated carbocycles. The van der Waals surface area contributed by atoms with Gasteiger partial charge in [-0.1, -0.05) is 18.2 Å². The summed E-state index contributed by atoms with van der Waals surface area (Å²) in [6.07, 6.45) is -1.61. The Morgan fingerprint density at radius 3 is 2.71 bits per heavy atom. The number of aliphatic hydroxyl groups is 1. The van der Waals surface area contributed by atoms with Crippen LogP contribution in [0, 0.1) is 0 Å². The first-order valence-corrected chi connectivity index (χ1v) is 7.95. The summed E-state index contributed by atoms with van der Waals surface area (Å²) in [5.41, 5.74) is 0.441. The van der Waals surface area contributed by atoms with Gasteiger partial charge in [-0.15, -0.1) is 0 Å². The maximum Gasteiger partial charge on any atom is 0.408 e. The van der Waals surface area contributed by atoms with Crippen molar-refractivity contribution < 1.29 is 24.2 Å². The van der Waals surface area contributed by atoms with Crippen molar-refractivity contribution in [2.24, 2.45) is 0 Å². The fraction of sp³-hybridized carbons (Fsp3) is 0.529. The highest BCUT2D eigenvalue weighted by Gasteiger charge is 2.45. The maximum absolute atomic E-state index is 12.6. The van der Waals surface area contributed by atoms with E-state index in [1.165, 1.54) is 4.90 Å². The van der Waals surface area contributed by atoms with Gasteiger partial charge in [0.15, 0.2) is 6.23 Å². The minimum Gasteiger partial charge on any atom is -0.444 e. The van der Waals surface area contributed by atoms with E-state index < -0.39 is 30.0 Å². The third-order valence-corrected chi connectivity index (χ3v) is 4.08. The Morgan fingerprint density at radius 2 is 2.04 bits per heavy atom. The van der Waals surface area contributed by atoms with Gasteiger partial charge in [-0.25, -0.2) is 4.79 Å². The molecule has 0 spiro atoms. The van der Waals surface area contributed by atoms with Crippen LogP contribution in [0.3, 0.4) is 0 Å². The van der Waals surface area contributed by atoms with E-state index in [4.69, 9.17) is 9.47 Å². The Morgan fingerprint density at radius 1 is 1.33 bits per heavy atom. The SMILES string of the molecule is CC(C)(C)OC(=O)N[C@H]1COC[C@H]1N1C(=O)c2ccccc2C1O. The van der Waals surface area contributed by atoms with Crippen molar-refractivity contribution in [1.29, 1.82) is 0 Å². The lowest BCUT2D eigenvalue weighted by molar-refractivity contribution is -0.00999. The van der Waals surface area contributed by atoms with Crippen LogP contribution in [0.15, 0.2) is 24.3 Å². The zero-order valence-corrected chi connectivity index (χ0v) is 14.0. The summed E-state index contributed by atoms with van der Waals surface area (Å²) in [4.78, 5) is 26.0. The smallest absolute Gasteiger partial charge is 0.408 e. The first kappa shape index (κ1) is 16.7. The number of alkyl carbamates (subject to hydrolysis) is 1. The van der Waals surface area contributed by atoms with Crippen molar-refractivity contribution in [3.05, 3.63) is 35.4 Å². The third-order valence-electron chi connectivity index (χ3n) is 4.08. The van der Waals surface area contributed by atoms with E-state index in [-0.39, 0.29) is 19.1 Å². The lowest BCUT2D eigenvalue weighted by Gasteiger charge is -2.31. The topological polar surface area (TPSA) is 88.1 Å². The predicted octanol–water partition coefficient (Wildman–Crippen LogP) is 1.43. The van der Waals surface area contributed by atoms with Crippen molar-refractivity contribution in [3.63, 3.8) is 0 Å². The van der Waals surface area contributed by atoms with Gasteiger partial charge in [-0.05, 0) is 26.8 Å². The van der Waals surface area contributed by atoms with Gasteiger partial charge in [0, 0.05) is 11.1 Å². The van der Waals surface area contributed by atoms with Crippen molar-refractivity contribution in [1.82, 2.24) is 10.2 Å². The first-order chi connectivity index (χ1) is 11.3. The molecule has 0 aromatic heterocycles. The van der Waals surface area contributed by atoms with Gasteiger partial charge in [-0.2, -0.15) is 0 Å². The van der Waals surface area contributed by atoms with Gasteiger partial charge in [0.1, 0.15) is 5.60 Å². The van der Waals surface area contributed by atoms with E-state index in [1.807, 2.05) is 0 Å². The molecule has 130 valence electrons. The summed E-state index contributed by atoms with van der Waals surface area (Å²) in [5.74, 6) is -0.260. The Kier molecular flexibility index (Phi) is 4.23. The van der Waals surface area contributed by atoms with E-state index in [9.17, 15) is 14.7 Å². The molecule has 0 bridgehead atoms. The Balaban J connectivity index is 1.75. The molecule has 2 aliphatic heterocycles. The van der Waals surface area contributed by atoms with Crippen molar-refractivity contribution in [2.45, 2.75) is 44.7 Å². The molecule has 3 rings (SSSR count). The van der Waals surface area contributed by atoms with Crippen LogP contribution in [0.4, 0.5) is 4.79 Å². The van der Waals surface area contributed by atoms with Crippen LogP contribution in [-0.4, -0.2) is 52.9 Å². The van der Waals surface area contributed by atoms with Crippen LogP contribution in [0.2, 0.25) is 0 Å². The predicted molar refractivity (Wildman–Crippen MR) is 85.3 cm³/mol. The molecule has 7 heteroatoms. The summed E-state index contributed by atoms with van der Waals surface area (Å²) in [5, 5.41) is 13.3. The monoisotopic (exact) mass is 334 g/mol. The number of nitrogens with zero attached hydrogens (tertiary/aromatic N) is 1. The van der Waals surface area contributed by atoms with E-state index in [0.29, 0.717) is 11.1 Å². The number of benzene rings is 1. The summed E-state index contributed by atoms with van der Waals surface area (Å²) in [7, 11) is 0. The molecule has 2 aliphatic rings. The maximum atomic E-state index is 12.6. The first-order valence-electron chi connectivity index (χ1n) is 7.95. The molecule has 1 aromatic rings. The Labute approximate surface area is 140 Å². The fourth-order valence-corrected chi connectivity index (χ4v) is 3.06. The van der Waals surface area contributed by atoms with Crippen LogP contribution < -0.4 is 5.32 Å². The van der Waals surface area contributed by atoms with Gasteiger partial charge in [-0.3, -0.25) is 4.79 Å². The summed E-state index contributed by atoms with van der Waals surface area (Å²) < 4.78 is 10.7. The number of aliphatic hydroxyl groups excluding tert-OH is 1. The number of nitrogens with one attached hydrogen (secondary N) is 1. The lowest BCUT2D eigenvalue weighted by atomic mass is 10.1. The van der Waals surface area contributed by atoms with E-state index >= 15 is 0 Å². The molecule has 0 radical (unpaired) electrons. The number of hydrogen-bond donors (Lipinski definition) is 2. The number of ether oxygens (including phenoxy) is 2. The number of carbonyl (C=O) groups is 2.